The van der Waals surface area contributed by atoms with Gasteiger partial charge in [0.25, 0.3) is 0 Å². The molecule has 0 atom stereocenters. The van der Waals surface area contributed by atoms with E-state index in [4.69, 9.17) is 0 Å². The lowest BCUT2D eigenvalue weighted by Gasteiger charge is -2.05. The Balaban J connectivity index is 4.19. The quantitative estimate of drug-likeness (QED) is 0.374. The zero-order valence-corrected chi connectivity index (χ0v) is 12.3. The van der Waals surface area contributed by atoms with Crippen molar-refractivity contribution in [2.45, 2.75) is 60.3 Å². The molecule has 0 bridgehead atoms. The lowest BCUT2D eigenvalue weighted by atomic mass is 10.0. The van der Waals surface area contributed by atoms with Gasteiger partial charge < -0.3 is 0 Å². The number of allylic oxidation sites excluding steroid dienone is 7. The van der Waals surface area contributed by atoms with Crippen molar-refractivity contribution in [3.8, 4) is 0 Å². The minimum absolute atomic E-state index is 1.08. The molecule has 0 aliphatic rings. The number of hydrogen-bond donors (Lipinski definition) is 0. The van der Waals surface area contributed by atoms with Crippen molar-refractivity contribution < 1.29 is 0 Å². The Labute approximate surface area is 108 Å². The molecule has 96 valence electrons. The van der Waals surface area contributed by atoms with Crippen molar-refractivity contribution in [3.63, 3.8) is 0 Å². The molecule has 0 rings (SSSR count). The van der Waals surface area contributed by atoms with Crippen molar-refractivity contribution in [3.05, 3.63) is 47.1 Å². The van der Waals surface area contributed by atoms with Gasteiger partial charge in [-0.1, -0.05) is 40.5 Å². The summed E-state index contributed by atoms with van der Waals surface area (Å²) >= 11 is 0. The van der Waals surface area contributed by atoms with Crippen LogP contribution in [0.15, 0.2) is 47.1 Å². The SMILES string of the molecule is C=CCC/C=C(/C)CC=C(C)CC(C)=C(C)C. The first-order valence-corrected chi connectivity index (χ1v) is 6.52. The number of unbranched alkanes of at least 4 members (excludes halogenated alkanes) is 1. The van der Waals surface area contributed by atoms with Crippen LogP contribution in [0, 0.1) is 0 Å². The van der Waals surface area contributed by atoms with Gasteiger partial charge in [0, 0.05) is 0 Å². The first-order chi connectivity index (χ1) is 7.97. The fourth-order valence-electron chi connectivity index (χ4n) is 1.53. The predicted octanol–water partition coefficient (Wildman–Crippen LogP) is 5.98. The Bertz CT molecular complexity index is 320. The highest BCUT2D eigenvalue weighted by Gasteiger charge is 1.95. The van der Waals surface area contributed by atoms with Gasteiger partial charge in [0.15, 0.2) is 0 Å². The first-order valence-electron chi connectivity index (χ1n) is 6.52. The smallest absolute Gasteiger partial charge is 0.0111 e. The van der Waals surface area contributed by atoms with Gasteiger partial charge in [-0.25, -0.2) is 0 Å². The molecule has 0 radical (unpaired) electrons. The van der Waals surface area contributed by atoms with Crippen molar-refractivity contribution >= 4 is 0 Å². The Morgan fingerprint density at radius 1 is 0.882 bits per heavy atom. The molecule has 0 aromatic rings. The van der Waals surface area contributed by atoms with E-state index in [2.05, 4.69) is 53.3 Å². The van der Waals surface area contributed by atoms with E-state index < -0.39 is 0 Å². The van der Waals surface area contributed by atoms with Crippen LogP contribution in [-0.4, -0.2) is 0 Å². The maximum Gasteiger partial charge on any atom is -0.0111 e. The highest BCUT2D eigenvalue weighted by atomic mass is 14.0. The summed E-state index contributed by atoms with van der Waals surface area (Å²) in [5, 5.41) is 0. The molecule has 0 aliphatic carbocycles. The van der Waals surface area contributed by atoms with E-state index in [9.17, 15) is 0 Å². The molecular formula is C17H28. The van der Waals surface area contributed by atoms with Gasteiger partial charge >= 0.3 is 0 Å². The largest absolute Gasteiger partial charge is 0.103 e. The highest BCUT2D eigenvalue weighted by Crippen LogP contribution is 2.15. The third kappa shape index (κ3) is 8.74. The first kappa shape index (κ1) is 16.0. The minimum atomic E-state index is 1.08. The van der Waals surface area contributed by atoms with Crippen LogP contribution in [0.5, 0.6) is 0 Å². The number of hydrogen-bond acceptors (Lipinski definition) is 0. The molecule has 0 unspecified atom stereocenters. The van der Waals surface area contributed by atoms with Crippen LogP contribution >= 0.6 is 0 Å². The second-order valence-electron chi connectivity index (χ2n) is 5.13. The molecule has 0 saturated heterocycles. The monoisotopic (exact) mass is 232 g/mol. The molecule has 0 heteroatoms. The van der Waals surface area contributed by atoms with E-state index in [-0.39, 0.29) is 0 Å². The lowest BCUT2D eigenvalue weighted by molar-refractivity contribution is 1.01. The summed E-state index contributed by atoms with van der Waals surface area (Å²) in [6.07, 6.45) is 11.0. The third-order valence-electron chi connectivity index (χ3n) is 3.03. The standard InChI is InChI=1S/C17H28/c1-7-8-9-10-15(4)11-12-16(5)13-17(6)14(2)3/h7,10,12H,1,8-9,11,13H2,2-6H3/b15-10-,16-12?. The fraction of sp³-hybridized carbons (Fsp3) is 0.529. The average Bonchev–Trinajstić information content (AvgIpc) is 2.26. The van der Waals surface area contributed by atoms with E-state index in [0.717, 1.165) is 25.7 Å². The van der Waals surface area contributed by atoms with Crippen molar-refractivity contribution in [1.82, 2.24) is 0 Å². The zero-order chi connectivity index (χ0) is 13.3. The molecule has 0 saturated carbocycles. The molecule has 0 aromatic carbocycles. The second kappa shape index (κ2) is 9.04. The summed E-state index contributed by atoms with van der Waals surface area (Å²) in [6.45, 7) is 14.8. The fourth-order valence-corrected chi connectivity index (χ4v) is 1.53. The van der Waals surface area contributed by atoms with Crippen molar-refractivity contribution in [2.24, 2.45) is 0 Å². The van der Waals surface area contributed by atoms with Crippen LogP contribution in [0.25, 0.3) is 0 Å². The molecule has 0 heterocycles. The summed E-state index contributed by atoms with van der Waals surface area (Å²) in [5.41, 5.74) is 5.87. The predicted molar refractivity (Wildman–Crippen MR) is 80.2 cm³/mol. The molecule has 0 amide bonds. The summed E-state index contributed by atoms with van der Waals surface area (Å²) in [4.78, 5) is 0. The lowest BCUT2D eigenvalue weighted by Crippen LogP contribution is -1.84. The average molecular weight is 232 g/mol. The summed E-state index contributed by atoms with van der Waals surface area (Å²) in [5.74, 6) is 0. The van der Waals surface area contributed by atoms with Gasteiger partial charge in [-0.05, 0) is 60.3 Å². The molecule has 0 aromatic heterocycles. The van der Waals surface area contributed by atoms with Crippen molar-refractivity contribution in [2.75, 3.05) is 0 Å². The maximum atomic E-state index is 3.73. The van der Waals surface area contributed by atoms with Crippen molar-refractivity contribution in [1.29, 1.82) is 0 Å². The van der Waals surface area contributed by atoms with Gasteiger partial charge in [0.2, 0.25) is 0 Å². The Kier molecular flexibility index (Phi) is 8.49. The van der Waals surface area contributed by atoms with Crippen LogP contribution in [0.1, 0.15) is 60.3 Å². The van der Waals surface area contributed by atoms with Gasteiger partial charge in [-0.3, -0.25) is 0 Å². The van der Waals surface area contributed by atoms with Crippen LogP contribution in [0.3, 0.4) is 0 Å². The summed E-state index contributed by atoms with van der Waals surface area (Å²) in [7, 11) is 0. The van der Waals surface area contributed by atoms with E-state index in [1.165, 1.54) is 22.3 Å². The Morgan fingerprint density at radius 2 is 1.53 bits per heavy atom. The van der Waals surface area contributed by atoms with Gasteiger partial charge in [0.05, 0.1) is 0 Å². The third-order valence-corrected chi connectivity index (χ3v) is 3.03. The van der Waals surface area contributed by atoms with Gasteiger partial charge in [-0.2, -0.15) is 0 Å². The van der Waals surface area contributed by atoms with Crippen LogP contribution in [0.2, 0.25) is 0 Å². The molecule has 17 heavy (non-hydrogen) atoms. The Hall–Kier alpha value is -1.04. The minimum Gasteiger partial charge on any atom is -0.103 e. The van der Waals surface area contributed by atoms with E-state index in [1.54, 1.807) is 0 Å². The van der Waals surface area contributed by atoms with Crippen LogP contribution in [0.4, 0.5) is 0 Å². The van der Waals surface area contributed by atoms with E-state index in [0.29, 0.717) is 0 Å². The number of rotatable bonds is 7. The molecule has 0 fully saturated rings. The summed E-state index contributed by atoms with van der Waals surface area (Å²) in [6, 6.07) is 0. The summed E-state index contributed by atoms with van der Waals surface area (Å²) < 4.78 is 0. The van der Waals surface area contributed by atoms with Gasteiger partial charge in [0.1, 0.15) is 0 Å². The van der Waals surface area contributed by atoms with Gasteiger partial charge in [-0.15, -0.1) is 6.58 Å². The highest BCUT2D eigenvalue weighted by molar-refractivity contribution is 5.18. The normalized spacial score (nSPS) is 12.5. The van der Waals surface area contributed by atoms with E-state index in [1.807, 2.05) is 6.08 Å². The molecule has 0 spiro atoms. The topological polar surface area (TPSA) is 0 Å². The van der Waals surface area contributed by atoms with Crippen LogP contribution in [-0.2, 0) is 0 Å². The second-order valence-corrected chi connectivity index (χ2v) is 5.13. The zero-order valence-electron chi connectivity index (χ0n) is 12.3. The Morgan fingerprint density at radius 3 is 2.06 bits per heavy atom. The molecule has 0 N–H and O–H groups in total. The maximum absolute atomic E-state index is 3.73. The van der Waals surface area contributed by atoms with E-state index >= 15 is 0 Å². The molecular weight excluding hydrogens is 204 g/mol. The molecule has 0 aliphatic heterocycles. The molecule has 0 nitrogen and oxygen atoms in total. The van der Waals surface area contributed by atoms with Crippen LogP contribution < -0.4 is 0 Å².